The van der Waals surface area contributed by atoms with Crippen LogP contribution in [0.2, 0.25) is 0 Å². The smallest absolute Gasteiger partial charge is 0.158 e. The molecule has 0 aliphatic heterocycles. The molecule has 3 aromatic rings. The Balaban J connectivity index is 0.000000220. The number of allylic oxidation sites excluding steroid dienone is 1. The lowest BCUT2D eigenvalue weighted by atomic mass is 10.4. The third kappa shape index (κ3) is 9.99. The first-order chi connectivity index (χ1) is 11.4. The van der Waals surface area contributed by atoms with Gasteiger partial charge in [0.25, 0.3) is 0 Å². The number of nitrogens with two attached hydrogens (primary N) is 1. The van der Waals surface area contributed by atoms with Crippen LogP contribution in [0.3, 0.4) is 0 Å². The van der Waals surface area contributed by atoms with E-state index in [1.165, 1.54) is 27.8 Å². The molecule has 0 atom stereocenters. The van der Waals surface area contributed by atoms with Gasteiger partial charge in [-0.1, -0.05) is 78.9 Å². The number of benzene rings is 3. The SMILES string of the molecule is C/C=C\N.c1ccc([SH+]c2ccccc2)cc1.c1ccccc1. The molecule has 2 N–H and O–H groups in total. The molecule has 0 aromatic heterocycles. The zero-order valence-electron chi connectivity index (χ0n) is 13.4. The summed E-state index contributed by atoms with van der Waals surface area (Å²) in [5.74, 6) is 0. The highest BCUT2D eigenvalue weighted by atomic mass is 32.2. The fourth-order valence-corrected chi connectivity index (χ4v) is 2.48. The van der Waals surface area contributed by atoms with Crippen LogP contribution in [0.4, 0.5) is 0 Å². The van der Waals surface area contributed by atoms with Crippen molar-refractivity contribution in [3.8, 4) is 0 Å². The first-order valence-electron chi connectivity index (χ1n) is 7.51. The van der Waals surface area contributed by atoms with Gasteiger partial charge in [0.05, 0.1) is 0 Å². The highest BCUT2D eigenvalue weighted by Gasteiger charge is 2.03. The number of thiol groups is 1. The molecule has 3 rings (SSSR count). The van der Waals surface area contributed by atoms with Crippen LogP contribution in [0.15, 0.2) is 119 Å². The summed E-state index contributed by atoms with van der Waals surface area (Å²) in [6, 6.07) is 33.0. The molecule has 0 bridgehead atoms. The minimum Gasteiger partial charge on any atom is -0.405 e. The average Bonchev–Trinajstić information content (AvgIpc) is 2.66. The lowest BCUT2D eigenvalue weighted by Gasteiger charge is -1.90. The first kappa shape index (κ1) is 18.6. The molecular formula is C21H24NS+. The highest BCUT2D eigenvalue weighted by molar-refractivity contribution is 7.78. The fourth-order valence-electron chi connectivity index (χ4n) is 1.54. The van der Waals surface area contributed by atoms with E-state index in [9.17, 15) is 0 Å². The van der Waals surface area contributed by atoms with Gasteiger partial charge in [-0.05, 0) is 37.4 Å². The summed E-state index contributed by atoms with van der Waals surface area (Å²) >= 11 is 1.28. The zero-order chi connectivity index (χ0) is 16.6. The molecule has 0 saturated heterocycles. The van der Waals surface area contributed by atoms with Crippen molar-refractivity contribution >= 4 is 11.8 Å². The molecule has 0 unspecified atom stereocenters. The van der Waals surface area contributed by atoms with Gasteiger partial charge in [0.1, 0.15) is 0 Å². The Morgan fingerprint density at radius 1 is 0.609 bits per heavy atom. The van der Waals surface area contributed by atoms with E-state index in [4.69, 9.17) is 5.73 Å². The average molecular weight is 322 g/mol. The van der Waals surface area contributed by atoms with Crippen molar-refractivity contribution in [3.05, 3.63) is 109 Å². The van der Waals surface area contributed by atoms with Crippen molar-refractivity contribution in [1.82, 2.24) is 0 Å². The zero-order valence-corrected chi connectivity index (χ0v) is 14.3. The summed E-state index contributed by atoms with van der Waals surface area (Å²) in [6.07, 6.45) is 3.28. The predicted octanol–water partition coefficient (Wildman–Crippen LogP) is 5.08. The van der Waals surface area contributed by atoms with Gasteiger partial charge in [-0.25, -0.2) is 0 Å². The van der Waals surface area contributed by atoms with Crippen LogP contribution < -0.4 is 5.73 Å². The lowest BCUT2D eigenvalue weighted by Crippen LogP contribution is -1.82. The number of rotatable bonds is 2. The Kier molecular flexibility index (Phi) is 10.7. The normalized spacial score (nSPS) is 9.26. The second-order valence-electron chi connectivity index (χ2n) is 4.46. The second kappa shape index (κ2) is 13.2. The van der Waals surface area contributed by atoms with Gasteiger partial charge in [-0.15, -0.1) is 0 Å². The standard InChI is InChI=1S/C12H10S.C6H6.C3H7N/c1-3-7-11(8-4-1)13-12-9-5-2-6-10-12;1-2-4-6-5-3-1;1-2-3-4/h1-10H;1-6H;2-3H,4H2,1H3/p+1/b;;3-2-. The molecule has 0 heterocycles. The maximum atomic E-state index is 4.85. The minimum atomic E-state index is 1.28. The second-order valence-corrected chi connectivity index (χ2v) is 5.72. The molecule has 3 aromatic carbocycles. The molecule has 0 aliphatic carbocycles. The van der Waals surface area contributed by atoms with Gasteiger partial charge in [0, 0.05) is 11.8 Å². The van der Waals surface area contributed by atoms with E-state index in [0.717, 1.165) is 0 Å². The molecule has 0 saturated carbocycles. The first-order valence-corrected chi connectivity index (χ1v) is 8.41. The van der Waals surface area contributed by atoms with Crippen LogP contribution in [0.25, 0.3) is 0 Å². The van der Waals surface area contributed by atoms with Crippen LogP contribution in [-0.4, -0.2) is 0 Å². The van der Waals surface area contributed by atoms with Crippen LogP contribution >= 0.6 is 0 Å². The van der Waals surface area contributed by atoms with Crippen LogP contribution in [0.1, 0.15) is 6.92 Å². The van der Waals surface area contributed by atoms with E-state index in [1.807, 2.05) is 55.5 Å². The summed E-state index contributed by atoms with van der Waals surface area (Å²) in [7, 11) is 0. The number of hydrogen-bond acceptors (Lipinski definition) is 1. The van der Waals surface area contributed by atoms with Crippen LogP contribution in [0, 0.1) is 0 Å². The molecule has 23 heavy (non-hydrogen) atoms. The van der Waals surface area contributed by atoms with Gasteiger partial charge in [0.2, 0.25) is 0 Å². The molecule has 118 valence electrons. The van der Waals surface area contributed by atoms with Gasteiger partial charge in [0.15, 0.2) is 9.79 Å². The number of hydrogen-bond donors (Lipinski definition) is 1. The molecule has 0 spiro atoms. The van der Waals surface area contributed by atoms with E-state index in [1.54, 1.807) is 6.08 Å². The van der Waals surface area contributed by atoms with E-state index in [-0.39, 0.29) is 0 Å². The van der Waals surface area contributed by atoms with Gasteiger partial charge in [-0.3, -0.25) is 0 Å². The fraction of sp³-hybridized carbons (Fsp3) is 0.0476. The Bertz CT molecular complexity index is 554. The molecule has 0 amide bonds. The maximum absolute atomic E-state index is 4.85. The Labute approximate surface area is 143 Å². The monoisotopic (exact) mass is 322 g/mol. The van der Waals surface area contributed by atoms with E-state index < -0.39 is 0 Å². The Hall–Kier alpha value is -2.45. The minimum absolute atomic E-state index is 1.28. The van der Waals surface area contributed by atoms with Gasteiger partial charge in [-0.2, -0.15) is 0 Å². The van der Waals surface area contributed by atoms with Crippen LogP contribution in [0.5, 0.6) is 0 Å². The van der Waals surface area contributed by atoms with E-state index in [0.29, 0.717) is 0 Å². The van der Waals surface area contributed by atoms with Crippen LogP contribution in [-0.2, 0) is 11.8 Å². The quantitative estimate of drug-likeness (QED) is 0.516. The topological polar surface area (TPSA) is 26.0 Å². The van der Waals surface area contributed by atoms with Crippen molar-refractivity contribution in [2.24, 2.45) is 5.73 Å². The summed E-state index contributed by atoms with van der Waals surface area (Å²) < 4.78 is 0. The third-order valence-corrected chi connectivity index (χ3v) is 3.74. The van der Waals surface area contributed by atoms with Gasteiger partial charge >= 0.3 is 0 Å². The van der Waals surface area contributed by atoms with Crippen molar-refractivity contribution in [1.29, 1.82) is 0 Å². The highest BCUT2D eigenvalue weighted by Crippen LogP contribution is 2.10. The third-order valence-electron chi connectivity index (χ3n) is 2.63. The molecule has 2 heteroatoms. The Morgan fingerprint density at radius 2 is 0.870 bits per heavy atom. The largest absolute Gasteiger partial charge is 0.405 e. The van der Waals surface area contributed by atoms with E-state index >= 15 is 0 Å². The summed E-state index contributed by atoms with van der Waals surface area (Å²) in [5, 5.41) is 0. The molecule has 0 aliphatic rings. The van der Waals surface area contributed by atoms with Crippen molar-refractivity contribution in [2.45, 2.75) is 16.7 Å². The van der Waals surface area contributed by atoms with Crippen molar-refractivity contribution in [2.75, 3.05) is 0 Å². The Morgan fingerprint density at radius 3 is 1.13 bits per heavy atom. The lowest BCUT2D eigenvalue weighted by molar-refractivity contribution is 1.40. The summed E-state index contributed by atoms with van der Waals surface area (Å²) in [5.41, 5.74) is 4.85. The molecular weight excluding hydrogens is 298 g/mol. The predicted molar refractivity (Wildman–Crippen MR) is 104 cm³/mol. The summed E-state index contributed by atoms with van der Waals surface area (Å²) in [6.45, 7) is 1.88. The van der Waals surface area contributed by atoms with Crippen molar-refractivity contribution in [3.63, 3.8) is 0 Å². The van der Waals surface area contributed by atoms with Gasteiger partial charge < -0.3 is 5.73 Å². The van der Waals surface area contributed by atoms with Crippen molar-refractivity contribution < 1.29 is 0 Å². The molecule has 1 nitrogen and oxygen atoms in total. The molecule has 0 fully saturated rings. The molecule has 0 radical (unpaired) electrons. The van der Waals surface area contributed by atoms with E-state index in [2.05, 4.69) is 48.5 Å². The maximum Gasteiger partial charge on any atom is 0.158 e. The summed E-state index contributed by atoms with van der Waals surface area (Å²) in [4.78, 5) is 2.68.